The molecule has 0 amide bonds. The van der Waals surface area contributed by atoms with Gasteiger partial charge in [-0.15, -0.1) is 0 Å². The van der Waals surface area contributed by atoms with Crippen molar-refractivity contribution >= 4 is 27.1 Å². The highest BCUT2D eigenvalue weighted by Crippen LogP contribution is 2.38. The highest BCUT2D eigenvalue weighted by atomic mass is 35.5. The minimum atomic E-state index is -4.59. The van der Waals surface area contributed by atoms with Crippen molar-refractivity contribution in [2.75, 3.05) is 18.5 Å². The van der Waals surface area contributed by atoms with Crippen LogP contribution in [-0.2, 0) is 16.4 Å². The second kappa shape index (κ2) is 7.67. The van der Waals surface area contributed by atoms with Gasteiger partial charge in [-0.25, -0.2) is 8.42 Å². The lowest BCUT2D eigenvalue weighted by molar-refractivity contribution is 0.234. The maximum Gasteiger partial charge on any atom is 0.341 e. The normalized spacial score (nSPS) is 14.2. The summed E-state index contributed by atoms with van der Waals surface area (Å²) in [6.07, 6.45) is 0.770. The Balaban J connectivity index is 1.71. The van der Waals surface area contributed by atoms with E-state index in [0.29, 0.717) is 42.0 Å². The molecule has 9 heteroatoms. The second-order valence-electron chi connectivity index (χ2n) is 5.64. The van der Waals surface area contributed by atoms with Gasteiger partial charge in [0.25, 0.3) is 0 Å². The molecule has 0 saturated carbocycles. The summed E-state index contributed by atoms with van der Waals surface area (Å²) in [4.78, 5) is -0.420. The summed E-state index contributed by atoms with van der Waals surface area (Å²) >= 11 is 6.23. The number of anilines is 1. The molecule has 3 rings (SSSR count). The Hall–Kier alpha value is -2.06. The molecule has 2 aromatic carbocycles. The first-order valence-electron chi connectivity index (χ1n) is 7.82. The molecule has 1 N–H and O–H groups in total. The van der Waals surface area contributed by atoms with Crippen LogP contribution in [0.4, 0.5) is 14.5 Å². The average molecular weight is 404 g/mol. The fourth-order valence-electron chi connectivity index (χ4n) is 2.46. The van der Waals surface area contributed by atoms with Crippen LogP contribution in [-0.4, -0.2) is 27.4 Å². The van der Waals surface area contributed by atoms with Crippen LogP contribution in [0.1, 0.15) is 12.0 Å². The molecule has 1 aliphatic heterocycles. The lowest BCUT2D eigenvalue weighted by Crippen LogP contribution is -2.11. The zero-order valence-electron chi connectivity index (χ0n) is 13.5. The van der Waals surface area contributed by atoms with E-state index in [1.807, 2.05) is 6.07 Å². The first-order chi connectivity index (χ1) is 12.4. The third-order valence-electron chi connectivity index (χ3n) is 3.78. The second-order valence-corrected chi connectivity index (χ2v) is 7.96. The molecule has 0 spiro atoms. The summed E-state index contributed by atoms with van der Waals surface area (Å²) in [7, 11) is -4.59. The Morgan fingerprint density at radius 2 is 1.81 bits per heavy atom. The van der Waals surface area contributed by atoms with Crippen molar-refractivity contribution in [2.45, 2.75) is 23.6 Å². The van der Waals surface area contributed by atoms with Crippen LogP contribution in [0.15, 0.2) is 41.3 Å². The summed E-state index contributed by atoms with van der Waals surface area (Å²) in [6.45, 7) is 1.47. The predicted molar refractivity (Wildman–Crippen MR) is 94.0 cm³/mol. The van der Waals surface area contributed by atoms with Gasteiger partial charge in [0.15, 0.2) is 11.5 Å². The van der Waals surface area contributed by atoms with E-state index in [1.165, 1.54) is 12.1 Å². The number of fused-ring (bicyclic) bond motifs is 1. The molecule has 5 nitrogen and oxygen atoms in total. The van der Waals surface area contributed by atoms with Gasteiger partial charge in [-0.1, -0.05) is 11.6 Å². The Morgan fingerprint density at radius 1 is 1.12 bits per heavy atom. The van der Waals surface area contributed by atoms with E-state index < -0.39 is 20.5 Å². The number of sulfone groups is 1. The number of hydrogen-bond acceptors (Lipinski definition) is 5. The zero-order chi connectivity index (χ0) is 18.7. The van der Waals surface area contributed by atoms with Crippen LogP contribution in [0.25, 0.3) is 0 Å². The van der Waals surface area contributed by atoms with Gasteiger partial charge in [-0.2, -0.15) is 8.78 Å². The van der Waals surface area contributed by atoms with Gasteiger partial charge in [-0.3, -0.25) is 0 Å². The van der Waals surface area contributed by atoms with Crippen LogP contribution in [0.3, 0.4) is 0 Å². The van der Waals surface area contributed by atoms with E-state index >= 15 is 0 Å². The number of rotatable bonds is 5. The third kappa shape index (κ3) is 4.02. The molecule has 0 saturated heterocycles. The summed E-state index contributed by atoms with van der Waals surface area (Å²) in [5.74, 6) is -2.34. The van der Waals surface area contributed by atoms with Crippen LogP contribution >= 0.6 is 11.6 Å². The van der Waals surface area contributed by atoms with Crippen molar-refractivity contribution in [3.05, 3.63) is 47.0 Å². The fraction of sp³-hybridized carbons (Fsp3) is 0.294. The molecule has 0 aliphatic carbocycles. The molecular weight excluding hydrogens is 388 g/mol. The van der Waals surface area contributed by atoms with Crippen molar-refractivity contribution in [3.63, 3.8) is 0 Å². The van der Waals surface area contributed by atoms with Crippen molar-refractivity contribution in [3.8, 4) is 11.5 Å². The Kier molecular flexibility index (Phi) is 5.52. The number of ether oxygens (including phenoxy) is 2. The lowest BCUT2D eigenvalue weighted by atomic mass is 10.2. The topological polar surface area (TPSA) is 64.6 Å². The highest BCUT2D eigenvalue weighted by molar-refractivity contribution is 7.91. The number of benzene rings is 2. The maximum atomic E-state index is 12.5. The maximum absolute atomic E-state index is 12.5. The molecular formula is C17H16ClF2NO4S. The van der Waals surface area contributed by atoms with Crippen LogP contribution in [0.2, 0.25) is 5.02 Å². The fourth-order valence-corrected chi connectivity index (χ4v) is 3.46. The van der Waals surface area contributed by atoms with Crippen molar-refractivity contribution in [2.24, 2.45) is 0 Å². The third-order valence-corrected chi connectivity index (χ3v) is 5.46. The van der Waals surface area contributed by atoms with E-state index in [4.69, 9.17) is 21.1 Å². The largest absolute Gasteiger partial charge is 0.489 e. The summed E-state index contributed by atoms with van der Waals surface area (Å²) < 4.78 is 59.1. The van der Waals surface area contributed by atoms with Crippen molar-refractivity contribution in [1.29, 1.82) is 0 Å². The van der Waals surface area contributed by atoms with Crippen LogP contribution < -0.4 is 14.8 Å². The molecule has 0 unspecified atom stereocenters. The van der Waals surface area contributed by atoms with Gasteiger partial charge >= 0.3 is 5.76 Å². The molecule has 1 aliphatic rings. The molecule has 2 aromatic rings. The number of alkyl halides is 2. The van der Waals surface area contributed by atoms with Gasteiger partial charge < -0.3 is 14.8 Å². The van der Waals surface area contributed by atoms with E-state index in [2.05, 4.69) is 5.32 Å². The average Bonchev–Trinajstić information content (AvgIpc) is 2.86. The Labute approximate surface area is 154 Å². The van der Waals surface area contributed by atoms with E-state index in [0.717, 1.165) is 24.1 Å². The monoisotopic (exact) mass is 403 g/mol. The van der Waals surface area contributed by atoms with Gasteiger partial charge in [0.2, 0.25) is 9.84 Å². The van der Waals surface area contributed by atoms with E-state index in [-0.39, 0.29) is 0 Å². The van der Waals surface area contributed by atoms with E-state index in [9.17, 15) is 17.2 Å². The minimum Gasteiger partial charge on any atom is -0.489 e. The van der Waals surface area contributed by atoms with Crippen molar-refractivity contribution < 1.29 is 26.7 Å². The van der Waals surface area contributed by atoms with Gasteiger partial charge in [-0.05, 0) is 42.0 Å². The Morgan fingerprint density at radius 3 is 2.50 bits per heavy atom. The van der Waals surface area contributed by atoms with Gasteiger partial charge in [0.05, 0.1) is 23.1 Å². The quantitative estimate of drug-likeness (QED) is 0.813. The number of nitrogens with one attached hydrogen (secondary N) is 1. The highest BCUT2D eigenvalue weighted by Gasteiger charge is 2.26. The molecule has 0 aromatic heterocycles. The molecule has 1 heterocycles. The Bertz CT molecular complexity index is 888. The minimum absolute atomic E-state index is 0.386. The van der Waals surface area contributed by atoms with Gasteiger partial charge in [0, 0.05) is 18.7 Å². The smallest absolute Gasteiger partial charge is 0.341 e. The van der Waals surface area contributed by atoms with Crippen molar-refractivity contribution in [1.82, 2.24) is 0 Å². The lowest BCUT2D eigenvalue weighted by Gasteiger charge is -2.13. The summed E-state index contributed by atoms with van der Waals surface area (Å²) in [6, 6.07) is 8.71. The molecule has 26 heavy (non-hydrogen) atoms. The standard InChI is InChI=1S/C17H16ClF2NO4S/c18-14-8-11(9-15-16(14)25-7-1-6-24-15)10-21-12-2-4-13(5-3-12)26(22,23)17(19)20/h2-5,8-9,17,21H,1,6-7,10H2. The number of hydrogen-bond donors (Lipinski definition) is 1. The summed E-state index contributed by atoms with van der Waals surface area (Å²) in [5, 5.41) is 3.53. The van der Waals surface area contributed by atoms with Crippen LogP contribution in [0, 0.1) is 0 Å². The number of halogens is 3. The van der Waals surface area contributed by atoms with Crippen LogP contribution in [0.5, 0.6) is 11.5 Å². The molecule has 0 atom stereocenters. The molecule has 0 radical (unpaired) electrons. The molecule has 0 bridgehead atoms. The molecule has 0 fully saturated rings. The SMILES string of the molecule is O=S(=O)(c1ccc(NCc2cc(Cl)c3c(c2)OCCCO3)cc1)C(F)F. The first kappa shape index (κ1) is 18.7. The zero-order valence-corrected chi connectivity index (χ0v) is 15.1. The van der Waals surface area contributed by atoms with Gasteiger partial charge in [0.1, 0.15) is 0 Å². The first-order valence-corrected chi connectivity index (χ1v) is 9.74. The summed E-state index contributed by atoms with van der Waals surface area (Å²) in [5.41, 5.74) is 1.42. The van der Waals surface area contributed by atoms with E-state index in [1.54, 1.807) is 6.07 Å². The predicted octanol–water partition coefficient (Wildman–Crippen LogP) is 4.11. The molecule has 140 valence electrons.